The second-order valence-electron chi connectivity index (χ2n) is 3.65. The van der Waals surface area contributed by atoms with Gasteiger partial charge >= 0.3 is 0 Å². The van der Waals surface area contributed by atoms with Crippen molar-refractivity contribution in [2.24, 2.45) is 0 Å². The van der Waals surface area contributed by atoms with E-state index in [1.54, 1.807) is 12.3 Å². The first kappa shape index (κ1) is 12.2. The molecule has 6 heteroatoms. The zero-order chi connectivity index (χ0) is 12.4. The Kier molecular flexibility index (Phi) is 3.54. The van der Waals surface area contributed by atoms with E-state index in [1.165, 1.54) is 6.20 Å². The predicted octanol–water partition coefficient (Wildman–Crippen LogP) is 3.24. The van der Waals surface area contributed by atoms with E-state index in [9.17, 15) is 0 Å². The Morgan fingerprint density at radius 1 is 1.35 bits per heavy atom. The quantitative estimate of drug-likeness (QED) is 0.932. The van der Waals surface area contributed by atoms with Crippen molar-refractivity contribution in [3.05, 3.63) is 28.5 Å². The minimum Gasteiger partial charge on any atom is -0.383 e. The van der Waals surface area contributed by atoms with Gasteiger partial charge in [0.25, 0.3) is 0 Å². The lowest BCUT2D eigenvalue weighted by Gasteiger charge is -2.09. The molecule has 0 fully saturated rings. The number of rotatable bonds is 3. The maximum atomic E-state index is 6.13. The summed E-state index contributed by atoms with van der Waals surface area (Å²) >= 11 is 12.1. The Hall–Kier alpha value is -1.26. The average molecular weight is 271 g/mol. The molecule has 0 bridgehead atoms. The largest absolute Gasteiger partial charge is 0.383 e. The minimum atomic E-state index is 0.397. The van der Waals surface area contributed by atoms with E-state index in [2.05, 4.69) is 17.0 Å². The Morgan fingerprint density at radius 3 is 2.82 bits per heavy atom. The van der Waals surface area contributed by atoms with Crippen LogP contribution < -0.4 is 5.73 Å². The van der Waals surface area contributed by atoms with Crippen LogP contribution in [0.15, 0.2) is 18.5 Å². The molecule has 0 spiro atoms. The molecule has 0 atom stereocenters. The summed E-state index contributed by atoms with van der Waals surface area (Å²) in [4.78, 5) is 4.02. The second-order valence-corrected chi connectivity index (χ2v) is 4.49. The van der Waals surface area contributed by atoms with Crippen molar-refractivity contribution in [1.29, 1.82) is 0 Å². The summed E-state index contributed by atoms with van der Waals surface area (Å²) in [6.45, 7) is 2.84. The van der Waals surface area contributed by atoms with E-state index >= 15 is 0 Å². The number of pyridine rings is 1. The molecule has 0 unspecified atom stereocenters. The number of nitrogens with zero attached hydrogens (tertiary/aromatic N) is 3. The van der Waals surface area contributed by atoms with E-state index < -0.39 is 0 Å². The van der Waals surface area contributed by atoms with Gasteiger partial charge in [-0.3, -0.25) is 4.68 Å². The number of hydrogen-bond acceptors (Lipinski definition) is 3. The van der Waals surface area contributed by atoms with E-state index in [1.807, 2.05) is 4.68 Å². The normalized spacial score (nSPS) is 10.8. The van der Waals surface area contributed by atoms with Crippen molar-refractivity contribution >= 4 is 29.0 Å². The van der Waals surface area contributed by atoms with Gasteiger partial charge in [-0.25, -0.2) is 4.98 Å². The number of nitrogen functional groups attached to an aromatic ring is 1. The van der Waals surface area contributed by atoms with Gasteiger partial charge in [0.05, 0.1) is 21.9 Å². The van der Waals surface area contributed by atoms with Gasteiger partial charge in [0.2, 0.25) is 0 Å². The first-order valence-corrected chi connectivity index (χ1v) is 6.01. The molecule has 90 valence electrons. The van der Waals surface area contributed by atoms with Crippen LogP contribution in [0, 0.1) is 0 Å². The van der Waals surface area contributed by atoms with E-state index in [0.29, 0.717) is 21.4 Å². The van der Waals surface area contributed by atoms with Crippen molar-refractivity contribution in [3.63, 3.8) is 0 Å². The van der Waals surface area contributed by atoms with Gasteiger partial charge in [0.1, 0.15) is 5.82 Å². The monoisotopic (exact) mass is 270 g/mol. The molecule has 0 aliphatic rings. The molecule has 2 rings (SSSR count). The Labute approximate surface area is 109 Å². The second kappa shape index (κ2) is 4.94. The van der Waals surface area contributed by atoms with Gasteiger partial charge in [0.15, 0.2) is 0 Å². The number of hydrogen-bond donors (Lipinski definition) is 1. The molecule has 0 radical (unpaired) electrons. The molecule has 4 nitrogen and oxygen atoms in total. The molecule has 2 heterocycles. The number of nitrogens with two attached hydrogens (primary N) is 1. The van der Waals surface area contributed by atoms with Gasteiger partial charge in [-0.2, -0.15) is 5.10 Å². The number of anilines is 1. The highest BCUT2D eigenvalue weighted by atomic mass is 35.5. The Bertz CT molecular complexity index is 536. The van der Waals surface area contributed by atoms with Crippen LogP contribution in [0.25, 0.3) is 11.3 Å². The summed E-state index contributed by atoms with van der Waals surface area (Å²) in [5, 5.41) is 5.28. The van der Waals surface area contributed by atoms with Crippen LogP contribution in [0.1, 0.15) is 13.3 Å². The summed E-state index contributed by atoms with van der Waals surface area (Å²) in [5.41, 5.74) is 7.33. The first-order valence-electron chi connectivity index (χ1n) is 5.26. The molecule has 0 aliphatic heterocycles. The van der Waals surface area contributed by atoms with Crippen LogP contribution >= 0.6 is 23.2 Å². The minimum absolute atomic E-state index is 0.397. The highest BCUT2D eigenvalue weighted by Crippen LogP contribution is 2.32. The van der Waals surface area contributed by atoms with Crippen LogP contribution in [0.5, 0.6) is 0 Å². The summed E-state index contributed by atoms with van der Waals surface area (Å²) in [7, 11) is 0. The summed E-state index contributed by atoms with van der Waals surface area (Å²) in [5.74, 6) is 0.397. The number of aryl methyl sites for hydroxylation is 1. The molecule has 0 amide bonds. The van der Waals surface area contributed by atoms with E-state index in [4.69, 9.17) is 28.9 Å². The highest BCUT2D eigenvalue weighted by Gasteiger charge is 2.15. The molecule has 0 saturated heterocycles. The van der Waals surface area contributed by atoms with Crippen LogP contribution in [0.4, 0.5) is 5.82 Å². The number of halogens is 2. The van der Waals surface area contributed by atoms with Crippen molar-refractivity contribution in [3.8, 4) is 11.3 Å². The first-order chi connectivity index (χ1) is 8.13. The van der Waals surface area contributed by atoms with E-state index in [0.717, 1.165) is 18.7 Å². The van der Waals surface area contributed by atoms with Crippen molar-refractivity contribution in [2.75, 3.05) is 5.73 Å². The summed E-state index contributed by atoms with van der Waals surface area (Å²) in [6, 6.07) is 1.75. The third kappa shape index (κ3) is 2.37. The van der Waals surface area contributed by atoms with Gasteiger partial charge in [-0.05, 0) is 12.5 Å². The Balaban J connectivity index is 2.58. The molecular weight excluding hydrogens is 259 g/mol. The molecular formula is C11H12Cl2N4. The standard InChI is InChI=1S/C11H12Cl2N4/c1-2-3-17-10(9(13)6-16-17)8-4-7(12)5-15-11(8)14/h4-6H,2-3H2,1H3,(H2,14,15). The zero-order valence-electron chi connectivity index (χ0n) is 9.32. The van der Waals surface area contributed by atoms with Crippen LogP contribution in [-0.4, -0.2) is 14.8 Å². The highest BCUT2D eigenvalue weighted by molar-refractivity contribution is 6.33. The fourth-order valence-corrected chi connectivity index (χ4v) is 2.05. The van der Waals surface area contributed by atoms with Crippen LogP contribution in [0.3, 0.4) is 0 Å². The Morgan fingerprint density at radius 2 is 2.12 bits per heavy atom. The van der Waals surface area contributed by atoms with Gasteiger partial charge in [-0.1, -0.05) is 30.1 Å². The van der Waals surface area contributed by atoms with Crippen molar-refractivity contribution in [1.82, 2.24) is 14.8 Å². The van der Waals surface area contributed by atoms with Crippen LogP contribution in [0.2, 0.25) is 10.0 Å². The number of aromatic nitrogens is 3. The fraction of sp³-hybridized carbons (Fsp3) is 0.273. The topological polar surface area (TPSA) is 56.7 Å². The van der Waals surface area contributed by atoms with Crippen LogP contribution in [-0.2, 0) is 6.54 Å². The van der Waals surface area contributed by atoms with Crippen molar-refractivity contribution in [2.45, 2.75) is 19.9 Å². The van der Waals surface area contributed by atoms with Gasteiger partial charge < -0.3 is 5.73 Å². The van der Waals surface area contributed by atoms with E-state index in [-0.39, 0.29) is 0 Å². The lowest BCUT2D eigenvalue weighted by Crippen LogP contribution is -2.03. The molecule has 17 heavy (non-hydrogen) atoms. The summed E-state index contributed by atoms with van der Waals surface area (Å²) < 4.78 is 1.81. The fourth-order valence-electron chi connectivity index (χ4n) is 1.65. The van der Waals surface area contributed by atoms with Gasteiger partial charge in [-0.15, -0.1) is 0 Å². The van der Waals surface area contributed by atoms with Gasteiger partial charge in [0, 0.05) is 18.3 Å². The molecule has 2 N–H and O–H groups in total. The third-order valence-corrected chi connectivity index (χ3v) is 2.85. The maximum Gasteiger partial charge on any atom is 0.132 e. The third-order valence-electron chi connectivity index (χ3n) is 2.37. The molecule has 0 aromatic carbocycles. The lowest BCUT2D eigenvalue weighted by molar-refractivity contribution is 0.609. The summed E-state index contributed by atoms with van der Waals surface area (Å²) in [6.07, 6.45) is 4.07. The SMILES string of the molecule is CCCn1ncc(Cl)c1-c1cc(Cl)cnc1N. The molecule has 0 saturated carbocycles. The average Bonchev–Trinajstić information content (AvgIpc) is 2.64. The predicted molar refractivity (Wildman–Crippen MR) is 70.2 cm³/mol. The lowest BCUT2D eigenvalue weighted by atomic mass is 10.2. The van der Waals surface area contributed by atoms with Crippen molar-refractivity contribution < 1.29 is 0 Å². The maximum absolute atomic E-state index is 6.13. The molecule has 0 aliphatic carbocycles. The smallest absolute Gasteiger partial charge is 0.132 e. The zero-order valence-corrected chi connectivity index (χ0v) is 10.8. The molecule has 2 aromatic heterocycles. The molecule has 2 aromatic rings.